The number of amides is 2. The van der Waals surface area contributed by atoms with E-state index in [1.807, 2.05) is 6.92 Å². The predicted molar refractivity (Wildman–Crippen MR) is 87.6 cm³/mol. The molecule has 0 aromatic rings. The lowest BCUT2D eigenvalue weighted by molar-refractivity contribution is 0.131. The molecule has 22 heavy (non-hydrogen) atoms. The molecule has 2 amide bonds. The molecule has 2 aliphatic rings. The molecule has 128 valence electrons. The van der Waals surface area contributed by atoms with Crippen LogP contribution in [0.25, 0.3) is 0 Å². The number of nitrogens with one attached hydrogen (secondary N) is 2. The molecule has 7 heteroatoms. The number of hydrogen-bond donors (Lipinski definition) is 2. The van der Waals surface area contributed by atoms with Crippen molar-refractivity contribution in [2.24, 2.45) is 11.8 Å². The quantitative estimate of drug-likeness (QED) is 0.800. The van der Waals surface area contributed by atoms with Gasteiger partial charge in [0.2, 0.25) is 0 Å². The molecule has 0 aliphatic carbocycles. The third-order valence-corrected chi connectivity index (χ3v) is 6.19. The summed E-state index contributed by atoms with van der Waals surface area (Å²) >= 11 is 0. The number of hydrogen-bond acceptors (Lipinski definition) is 4. The number of urea groups is 1. The van der Waals surface area contributed by atoms with Crippen molar-refractivity contribution in [1.82, 2.24) is 15.5 Å². The van der Waals surface area contributed by atoms with Gasteiger partial charge in [-0.1, -0.05) is 13.8 Å². The van der Waals surface area contributed by atoms with Crippen LogP contribution in [0.15, 0.2) is 0 Å². The minimum Gasteiger partial charge on any atom is -0.334 e. The lowest BCUT2D eigenvalue weighted by Crippen LogP contribution is -2.51. The summed E-state index contributed by atoms with van der Waals surface area (Å²) in [5.41, 5.74) is 0. The highest BCUT2D eigenvalue weighted by Gasteiger charge is 2.29. The van der Waals surface area contributed by atoms with Gasteiger partial charge in [0.25, 0.3) is 0 Å². The second kappa shape index (κ2) is 7.17. The van der Waals surface area contributed by atoms with Crippen LogP contribution < -0.4 is 10.6 Å². The summed E-state index contributed by atoms with van der Waals surface area (Å²) in [7, 11) is -2.96. The first-order chi connectivity index (χ1) is 10.2. The summed E-state index contributed by atoms with van der Waals surface area (Å²) in [6.45, 7) is 9.54. The molecule has 4 atom stereocenters. The van der Waals surface area contributed by atoms with Crippen molar-refractivity contribution >= 4 is 15.9 Å². The van der Waals surface area contributed by atoms with Crippen LogP contribution in [-0.2, 0) is 9.84 Å². The normalized spacial score (nSPS) is 33.3. The number of nitrogens with zero attached hydrogens (tertiary/aromatic N) is 1. The molecule has 0 spiro atoms. The second-order valence-corrected chi connectivity index (χ2v) is 9.51. The van der Waals surface area contributed by atoms with E-state index >= 15 is 0 Å². The lowest BCUT2D eigenvalue weighted by Gasteiger charge is -2.36. The van der Waals surface area contributed by atoms with Crippen LogP contribution in [0.1, 0.15) is 33.6 Å². The molecule has 2 aliphatic heterocycles. The molecule has 0 saturated carbocycles. The van der Waals surface area contributed by atoms with Gasteiger partial charge < -0.3 is 15.5 Å². The molecule has 0 bridgehead atoms. The van der Waals surface area contributed by atoms with Crippen molar-refractivity contribution in [1.29, 1.82) is 0 Å². The SMILES string of the molecule is C[C@@H]1C[C@H](C)CN(C[C@H](C)NC(=O)N[C@@H]2CCS(=O)(=O)C2)C1. The van der Waals surface area contributed by atoms with Gasteiger partial charge in [-0.05, 0) is 31.6 Å². The Balaban J connectivity index is 1.72. The zero-order valence-electron chi connectivity index (χ0n) is 13.8. The van der Waals surface area contributed by atoms with Gasteiger partial charge in [-0.3, -0.25) is 0 Å². The standard InChI is InChI=1S/C15H29N3O3S/c1-11-6-12(2)8-18(7-11)9-13(3)16-15(19)17-14-4-5-22(20,21)10-14/h11-14H,4-10H2,1-3H3,(H2,16,17,19)/t11-,12+,13-,14+/m0/s1. The Labute approximate surface area is 133 Å². The number of carbonyl (C=O) groups is 1. The minimum atomic E-state index is -2.96. The maximum atomic E-state index is 12.0. The predicted octanol–water partition coefficient (Wildman–Crippen LogP) is 0.839. The van der Waals surface area contributed by atoms with Crippen molar-refractivity contribution < 1.29 is 13.2 Å². The van der Waals surface area contributed by atoms with E-state index in [1.54, 1.807) is 0 Å². The highest BCUT2D eigenvalue weighted by atomic mass is 32.2. The summed E-state index contributed by atoms with van der Waals surface area (Å²) in [6, 6.07) is -0.449. The van der Waals surface area contributed by atoms with Crippen molar-refractivity contribution in [3.63, 3.8) is 0 Å². The van der Waals surface area contributed by atoms with E-state index in [1.165, 1.54) is 6.42 Å². The van der Waals surface area contributed by atoms with Gasteiger partial charge in [0.15, 0.2) is 9.84 Å². The van der Waals surface area contributed by atoms with Crippen molar-refractivity contribution in [2.75, 3.05) is 31.1 Å². The minimum absolute atomic E-state index is 0.0514. The molecule has 2 rings (SSSR count). The lowest BCUT2D eigenvalue weighted by atomic mass is 9.92. The van der Waals surface area contributed by atoms with Crippen LogP contribution in [0.4, 0.5) is 4.79 Å². The fourth-order valence-corrected chi connectivity index (χ4v) is 5.41. The van der Waals surface area contributed by atoms with Gasteiger partial charge in [-0.25, -0.2) is 13.2 Å². The summed E-state index contributed by atoms with van der Waals surface area (Å²) < 4.78 is 22.8. The van der Waals surface area contributed by atoms with Gasteiger partial charge in [-0.2, -0.15) is 0 Å². The Morgan fingerprint density at radius 1 is 1.27 bits per heavy atom. The van der Waals surface area contributed by atoms with Crippen LogP contribution in [0.5, 0.6) is 0 Å². The Bertz CT molecular complexity index is 484. The molecule has 2 saturated heterocycles. The molecular weight excluding hydrogens is 302 g/mol. The first kappa shape index (κ1) is 17.5. The molecule has 0 aromatic carbocycles. The van der Waals surface area contributed by atoms with E-state index in [9.17, 15) is 13.2 Å². The second-order valence-electron chi connectivity index (χ2n) is 7.28. The molecule has 0 radical (unpaired) electrons. The van der Waals surface area contributed by atoms with Gasteiger partial charge in [-0.15, -0.1) is 0 Å². The Morgan fingerprint density at radius 3 is 2.45 bits per heavy atom. The van der Waals surface area contributed by atoms with Gasteiger partial charge >= 0.3 is 6.03 Å². The topological polar surface area (TPSA) is 78.5 Å². The van der Waals surface area contributed by atoms with Crippen molar-refractivity contribution in [3.05, 3.63) is 0 Å². The van der Waals surface area contributed by atoms with Crippen LogP contribution in [-0.4, -0.2) is 62.6 Å². The first-order valence-corrected chi connectivity index (χ1v) is 10.1. The maximum absolute atomic E-state index is 12.0. The molecule has 6 nitrogen and oxygen atoms in total. The summed E-state index contributed by atoms with van der Waals surface area (Å²) in [4.78, 5) is 14.4. The molecule has 0 unspecified atom stereocenters. The molecule has 2 heterocycles. The summed E-state index contributed by atoms with van der Waals surface area (Å²) in [5, 5.41) is 5.70. The Kier molecular flexibility index (Phi) is 5.71. The number of carbonyl (C=O) groups excluding carboxylic acids is 1. The van der Waals surface area contributed by atoms with Crippen molar-refractivity contribution in [3.8, 4) is 0 Å². The van der Waals surface area contributed by atoms with Crippen LogP contribution in [0.2, 0.25) is 0 Å². The number of rotatable bonds is 4. The van der Waals surface area contributed by atoms with E-state index in [2.05, 4.69) is 29.4 Å². The zero-order chi connectivity index (χ0) is 16.3. The smallest absolute Gasteiger partial charge is 0.315 e. The van der Waals surface area contributed by atoms with E-state index in [-0.39, 0.29) is 29.6 Å². The molecular formula is C15H29N3O3S. The van der Waals surface area contributed by atoms with Gasteiger partial charge in [0.1, 0.15) is 0 Å². The van der Waals surface area contributed by atoms with E-state index < -0.39 is 9.84 Å². The highest BCUT2D eigenvalue weighted by Crippen LogP contribution is 2.20. The molecule has 2 N–H and O–H groups in total. The zero-order valence-corrected chi connectivity index (χ0v) is 14.7. The molecule has 2 fully saturated rings. The Hall–Kier alpha value is -0.820. The van der Waals surface area contributed by atoms with Gasteiger partial charge in [0, 0.05) is 31.7 Å². The highest BCUT2D eigenvalue weighted by molar-refractivity contribution is 7.91. The van der Waals surface area contributed by atoms with E-state index in [4.69, 9.17) is 0 Å². The van der Waals surface area contributed by atoms with Crippen LogP contribution >= 0.6 is 0 Å². The van der Waals surface area contributed by atoms with Gasteiger partial charge in [0.05, 0.1) is 11.5 Å². The van der Waals surface area contributed by atoms with E-state index in [0.717, 1.165) is 19.6 Å². The first-order valence-electron chi connectivity index (χ1n) is 8.23. The maximum Gasteiger partial charge on any atom is 0.315 e. The van der Waals surface area contributed by atoms with Crippen LogP contribution in [0, 0.1) is 11.8 Å². The third kappa shape index (κ3) is 5.43. The van der Waals surface area contributed by atoms with Crippen LogP contribution in [0.3, 0.4) is 0 Å². The fraction of sp³-hybridized carbons (Fsp3) is 0.933. The van der Waals surface area contributed by atoms with Crippen molar-refractivity contribution in [2.45, 2.75) is 45.7 Å². The fourth-order valence-electron chi connectivity index (χ4n) is 3.73. The number of sulfone groups is 1. The average molecular weight is 331 g/mol. The average Bonchev–Trinajstić information content (AvgIpc) is 2.66. The third-order valence-electron chi connectivity index (χ3n) is 4.42. The number of piperidine rings is 1. The Morgan fingerprint density at radius 2 is 1.91 bits per heavy atom. The summed E-state index contributed by atoms with van der Waals surface area (Å²) in [6.07, 6.45) is 1.79. The number of likely N-dealkylation sites (tertiary alicyclic amines) is 1. The van der Waals surface area contributed by atoms with E-state index in [0.29, 0.717) is 18.3 Å². The monoisotopic (exact) mass is 331 g/mol. The molecule has 0 aromatic heterocycles. The summed E-state index contributed by atoms with van der Waals surface area (Å²) in [5.74, 6) is 1.65. The largest absolute Gasteiger partial charge is 0.334 e.